The number of nitrogens with zero attached hydrogens (tertiary/aromatic N) is 2. The monoisotopic (exact) mass is 267 g/mol. The highest BCUT2D eigenvalue weighted by molar-refractivity contribution is 9.10. The van der Waals surface area contributed by atoms with E-state index >= 15 is 0 Å². The second-order valence-electron chi connectivity index (χ2n) is 3.28. The Labute approximate surface area is 89.4 Å². The molecule has 2 N–H and O–H groups in total. The molecule has 1 atom stereocenters. The van der Waals surface area contributed by atoms with Gasteiger partial charge in [0, 0.05) is 6.04 Å². The molecule has 0 saturated heterocycles. The maximum absolute atomic E-state index is 12.4. The summed E-state index contributed by atoms with van der Waals surface area (Å²) in [7, 11) is 0. The molecule has 0 aliphatic carbocycles. The van der Waals surface area contributed by atoms with Gasteiger partial charge in [0.25, 0.3) is 6.43 Å². The summed E-state index contributed by atoms with van der Waals surface area (Å²) in [6.45, 7) is 3.72. The van der Waals surface area contributed by atoms with E-state index in [9.17, 15) is 8.78 Å². The molecule has 1 heterocycles. The Balaban J connectivity index is 3.10. The maximum atomic E-state index is 12.4. The number of hydrogen-bond acceptors (Lipinski definition) is 2. The molecule has 1 aromatic heterocycles. The standard InChI is InChI=1S/C8H12BrF2N3/c1-4(2)14-7(5(9)3-13-14)6(12)8(10)11/h3-4,6,8H,12H2,1-2H3. The predicted molar refractivity (Wildman–Crippen MR) is 53.2 cm³/mol. The number of aromatic nitrogens is 2. The third-order valence-corrected chi connectivity index (χ3v) is 2.47. The first kappa shape index (κ1) is 11.6. The van der Waals surface area contributed by atoms with Crippen LogP contribution in [0.25, 0.3) is 0 Å². The molecule has 0 radical (unpaired) electrons. The van der Waals surface area contributed by atoms with Gasteiger partial charge in [-0.05, 0) is 29.8 Å². The van der Waals surface area contributed by atoms with Gasteiger partial charge in [0.1, 0.15) is 6.04 Å². The Hall–Kier alpha value is -0.490. The summed E-state index contributed by atoms with van der Waals surface area (Å²) in [4.78, 5) is 0. The largest absolute Gasteiger partial charge is 0.318 e. The molecule has 3 nitrogen and oxygen atoms in total. The van der Waals surface area contributed by atoms with Gasteiger partial charge >= 0.3 is 0 Å². The van der Waals surface area contributed by atoms with E-state index in [0.29, 0.717) is 10.2 Å². The third kappa shape index (κ3) is 2.12. The number of halogens is 3. The van der Waals surface area contributed by atoms with Crippen molar-refractivity contribution in [2.24, 2.45) is 5.73 Å². The summed E-state index contributed by atoms with van der Waals surface area (Å²) in [5.41, 5.74) is 5.72. The SMILES string of the molecule is CC(C)n1ncc(Br)c1C(N)C(F)F. The van der Waals surface area contributed by atoms with E-state index in [-0.39, 0.29) is 6.04 Å². The van der Waals surface area contributed by atoms with Crippen molar-refractivity contribution in [3.63, 3.8) is 0 Å². The summed E-state index contributed by atoms with van der Waals surface area (Å²) in [5.74, 6) is 0. The van der Waals surface area contributed by atoms with E-state index in [1.807, 2.05) is 13.8 Å². The Morgan fingerprint density at radius 3 is 2.50 bits per heavy atom. The minimum atomic E-state index is -2.58. The molecule has 1 unspecified atom stereocenters. The van der Waals surface area contributed by atoms with Crippen molar-refractivity contribution < 1.29 is 8.78 Å². The van der Waals surface area contributed by atoms with Gasteiger partial charge in [-0.25, -0.2) is 8.78 Å². The zero-order chi connectivity index (χ0) is 10.9. The average molecular weight is 268 g/mol. The summed E-state index contributed by atoms with van der Waals surface area (Å²) < 4.78 is 26.9. The van der Waals surface area contributed by atoms with E-state index in [1.54, 1.807) is 0 Å². The van der Waals surface area contributed by atoms with Gasteiger partial charge in [-0.15, -0.1) is 0 Å². The minimum absolute atomic E-state index is 0.0149. The highest BCUT2D eigenvalue weighted by Crippen LogP contribution is 2.27. The Kier molecular flexibility index (Phi) is 3.60. The first-order valence-corrected chi connectivity index (χ1v) is 5.01. The van der Waals surface area contributed by atoms with Crippen LogP contribution in [-0.2, 0) is 0 Å². The number of nitrogens with two attached hydrogens (primary N) is 1. The molecule has 80 valence electrons. The van der Waals surface area contributed by atoms with Gasteiger partial charge in [0.2, 0.25) is 0 Å². The van der Waals surface area contributed by atoms with E-state index in [1.165, 1.54) is 10.9 Å². The highest BCUT2D eigenvalue weighted by atomic mass is 79.9. The molecule has 0 spiro atoms. The lowest BCUT2D eigenvalue weighted by atomic mass is 10.2. The average Bonchev–Trinajstić information content (AvgIpc) is 2.45. The molecule has 1 rings (SSSR count). The second kappa shape index (κ2) is 4.35. The van der Waals surface area contributed by atoms with Crippen molar-refractivity contribution >= 4 is 15.9 Å². The third-order valence-electron chi connectivity index (χ3n) is 1.86. The van der Waals surface area contributed by atoms with Crippen LogP contribution in [0.5, 0.6) is 0 Å². The summed E-state index contributed by atoms with van der Waals surface area (Å²) in [5, 5.41) is 3.98. The molecule has 1 aromatic rings. The fraction of sp³-hybridized carbons (Fsp3) is 0.625. The van der Waals surface area contributed by atoms with Crippen LogP contribution >= 0.6 is 15.9 Å². The van der Waals surface area contributed by atoms with Gasteiger partial charge in [-0.2, -0.15) is 5.10 Å². The molecule has 0 aliphatic rings. The van der Waals surface area contributed by atoms with Gasteiger partial charge in [-0.1, -0.05) is 0 Å². The van der Waals surface area contributed by atoms with E-state index in [4.69, 9.17) is 5.73 Å². The van der Waals surface area contributed by atoms with Crippen molar-refractivity contribution in [3.8, 4) is 0 Å². The first-order chi connectivity index (χ1) is 6.45. The lowest BCUT2D eigenvalue weighted by Crippen LogP contribution is -2.24. The highest BCUT2D eigenvalue weighted by Gasteiger charge is 2.25. The van der Waals surface area contributed by atoms with Crippen molar-refractivity contribution in [2.75, 3.05) is 0 Å². The summed E-state index contributed by atoms with van der Waals surface area (Å²) in [6, 6.07) is -1.28. The lowest BCUT2D eigenvalue weighted by Gasteiger charge is -2.16. The quantitative estimate of drug-likeness (QED) is 0.915. The zero-order valence-corrected chi connectivity index (χ0v) is 9.50. The molecule has 6 heteroatoms. The summed E-state index contributed by atoms with van der Waals surface area (Å²) in [6.07, 6.45) is -1.10. The van der Waals surface area contributed by atoms with Gasteiger partial charge in [0.05, 0.1) is 16.4 Å². The van der Waals surface area contributed by atoms with Crippen LogP contribution in [-0.4, -0.2) is 16.2 Å². The van der Waals surface area contributed by atoms with Crippen molar-refractivity contribution in [1.29, 1.82) is 0 Å². The maximum Gasteiger partial charge on any atom is 0.259 e. The normalized spacial score (nSPS) is 14.0. The molecule has 0 aliphatic heterocycles. The number of rotatable bonds is 3. The van der Waals surface area contributed by atoms with Crippen LogP contribution in [0.15, 0.2) is 10.7 Å². The van der Waals surface area contributed by atoms with Crippen molar-refractivity contribution in [2.45, 2.75) is 32.4 Å². The van der Waals surface area contributed by atoms with Crippen molar-refractivity contribution in [1.82, 2.24) is 9.78 Å². The molecular weight excluding hydrogens is 256 g/mol. The number of hydrogen-bond donors (Lipinski definition) is 1. The topological polar surface area (TPSA) is 43.8 Å². The number of alkyl halides is 2. The van der Waals surface area contributed by atoms with E-state index in [2.05, 4.69) is 21.0 Å². The minimum Gasteiger partial charge on any atom is -0.318 e. The van der Waals surface area contributed by atoms with Gasteiger partial charge in [0.15, 0.2) is 0 Å². The molecule has 0 saturated carbocycles. The van der Waals surface area contributed by atoms with Crippen LogP contribution < -0.4 is 5.73 Å². The molecule has 0 aromatic carbocycles. The Morgan fingerprint density at radius 1 is 1.50 bits per heavy atom. The van der Waals surface area contributed by atoms with Crippen LogP contribution in [0.1, 0.15) is 31.6 Å². The second-order valence-corrected chi connectivity index (χ2v) is 4.13. The van der Waals surface area contributed by atoms with Crippen LogP contribution in [0.2, 0.25) is 0 Å². The molecule has 14 heavy (non-hydrogen) atoms. The molecular formula is C8H12BrF2N3. The molecule has 0 amide bonds. The zero-order valence-electron chi connectivity index (χ0n) is 7.92. The Bertz CT molecular complexity index is 312. The lowest BCUT2D eigenvalue weighted by molar-refractivity contribution is 0.111. The van der Waals surface area contributed by atoms with Gasteiger partial charge < -0.3 is 5.73 Å². The van der Waals surface area contributed by atoms with Crippen LogP contribution in [0.3, 0.4) is 0 Å². The first-order valence-electron chi connectivity index (χ1n) is 4.21. The van der Waals surface area contributed by atoms with Crippen LogP contribution in [0, 0.1) is 0 Å². The predicted octanol–water partition coefficient (Wildman–Crippen LogP) is 2.49. The fourth-order valence-corrected chi connectivity index (χ4v) is 1.73. The van der Waals surface area contributed by atoms with Crippen molar-refractivity contribution in [3.05, 3.63) is 16.4 Å². The Morgan fingerprint density at radius 2 is 2.07 bits per heavy atom. The smallest absolute Gasteiger partial charge is 0.259 e. The van der Waals surface area contributed by atoms with Crippen LogP contribution in [0.4, 0.5) is 8.78 Å². The summed E-state index contributed by atoms with van der Waals surface area (Å²) >= 11 is 3.16. The van der Waals surface area contributed by atoms with E-state index in [0.717, 1.165) is 0 Å². The molecule has 0 fully saturated rings. The molecule has 0 bridgehead atoms. The van der Waals surface area contributed by atoms with Gasteiger partial charge in [-0.3, -0.25) is 4.68 Å². The van der Waals surface area contributed by atoms with E-state index < -0.39 is 12.5 Å². The fourth-order valence-electron chi connectivity index (χ4n) is 1.19.